The van der Waals surface area contributed by atoms with Crippen LogP contribution in [0.25, 0.3) is 11.0 Å². The Morgan fingerprint density at radius 2 is 1.18 bits per heavy atom. The average molecular weight is 566 g/mol. The Bertz CT molecular complexity index is 1540. The molecule has 3 aromatic carbocycles. The number of halogens is 4. The highest BCUT2D eigenvalue weighted by atomic mass is 35.5. The molecule has 0 saturated heterocycles. The van der Waals surface area contributed by atoms with Crippen LogP contribution in [-0.2, 0) is 27.1 Å². The van der Waals surface area contributed by atoms with Crippen LogP contribution in [0.3, 0.4) is 0 Å². The minimum Gasteiger partial charge on any atom is -0.200 e. The summed E-state index contributed by atoms with van der Waals surface area (Å²) in [7, 11) is -8.09. The first kappa shape index (κ1) is 24.1. The first-order valence-corrected chi connectivity index (χ1v) is 13.3. The van der Waals surface area contributed by atoms with E-state index < -0.39 is 29.8 Å². The molecule has 1 heterocycles. The van der Waals surface area contributed by atoms with Gasteiger partial charge in [0.1, 0.15) is 20.8 Å². The zero-order valence-corrected chi connectivity index (χ0v) is 21.1. The van der Waals surface area contributed by atoms with Crippen molar-refractivity contribution in [1.82, 2.24) is 15.0 Å². The maximum atomic E-state index is 13.7. The highest BCUT2D eigenvalue weighted by molar-refractivity contribution is 8.10. The lowest BCUT2D eigenvalue weighted by Crippen LogP contribution is -2.37. The van der Waals surface area contributed by atoms with Crippen molar-refractivity contribution in [3.05, 3.63) is 74.7 Å². The molecule has 0 fully saturated rings. The summed E-state index contributed by atoms with van der Waals surface area (Å²) in [6.45, 7) is 0. The van der Waals surface area contributed by atoms with Crippen molar-refractivity contribution in [2.24, 2.45) is 7.05 Å². The third kappa shape index (κ3) is 4.39. The molecule has 172 valence electrons. The molecule has 0 aliphatic heterocycles. The van der Waals surface area contributed by atoms with Crippen molar-refractivity contribution in [3.63, 3.8) is 0 Å². The monoisotopic (exact) mass is 564 g/mol. The lowest BCUT2D eigenvalue weighted by atomic mass is 10.3. The molecule has 0 unspecified atom stereocenters. The average Bonchev–Trinajstić information content (AvgIpc) is 3.10. The molecule has 33 heavy (non-hydrogen) atoms. The first-order chi connectivity index (χ1) is 15.4. The number of anilines is 1. The van der Waals surface area contributed by atoms with Gasteiger partial charge in [-0.3, -0.25) is 0 Å². The van der Waals surface area contributed by atoms with Crippen molar-refractivity contribution in [3.8, 4) is 0 Å². The fourth-order valence-corrected chi connectivity index (χ4v) is 8.19. The minimum atomic E-state index is -4.83. The molecule has 0 amide bonds. The Labute approximate surface area is 209 Å². The van der Waals surface area contributed by atoms with Gasteiger partial charge < -0.3 is 0 Å². The van der Waals surface area contributed by atoms with Gasteiger partial charge in [-0.25, -0.2) is 0 Å². The fraction of sp³-hybridized carbons (Fsp3) is 0.0526. The highest BCUT2D eigenvalue weighted by Crippen LogP contribution is 2.37. The van der Waals surface area contributed by atoms with E-state index >= 15 is 0 Å². The van der Waals surface area contributed by atoms with Gasteiger partial charge in [-0.2, -0.15) is 35.5 Å². The molecular formula is C19H12Cl4N4O4S2. The Kier molecular flexibility index (Phi) is 6.27. The van der Waals surface area contributed by atoms with Crippen LogP contribution in [0.15, 0.2) is 64.4 Å². The van der Waals surface area contributed by atoms with Gasteiger partial charge in [0, 0.05) is 17.1 Å². The van der Waals surface area contributed by atoms with Crippen LogP contribution in [0.2, 0.25) is 20.1 Å². The smallest absolute Gasteiger partial charge is 0.200 e. The normalized spacial score (nSPS) is 12.3. The van der Waals surface area contributed by atoms with E-state index in [9.17, 15) is 16.8 Å². The quantitative estimate of drug-likeness (QED) is 0.331. The zero-order chi connectivity index (χ0) is 24.1. The number of sulfonamides is 2. The largest absolute Gasteiger partial charge is 0.279 e. The molecule has 0 saturated carbocycles. The molecule has 14 heteroatoms. The maximum Gasteiger partial charge on any atom is 0.279 e. The minimum absolute atomic E-state index is 0.0421. The van der Waals surface area contributed by atoms with Crippen LogP contribution in [0.4, 0.5) is 5.69 Å². The van der Waals surface area contributed by atoms with Crippen LogP contribution < -0.4 is 3.71 Å². The second-order valence-corrected chi connectivity index (χ2v) is 12.1. The number of hydrogen-bond acceptors (Lipinski definition) is 6. The van der Waals surface area contributed by atoms with E-state index in [0.29, 0.717) is 5.52 Å². The van der Waals surface area contributed by atoms with E-state index in [0.717, 1.165) is 12.1 Å². The van der Waals surface area contributed by atoms with E-state index in [1.54, 1.807) is 7.05 Å². The summed E-state index contributed by atoms with van der Waals surface area (Å²) < 4.78 is 55.2. The topological polar surface area (TPSA) is 102 Å². The number of nitrogens with zero attached hydrogens (tertiary/aromatic N) is 4. The predicted molar refractivity (Wildman–Crippen MR) is 128 cm³/mol. The molecule has 8 nitrogen and oxygen atoms in total. The summed E-state index contributed by atoms with van der Waals surface area (Å²) in [6.07, 6.45) is 0. The van der Waals surface area contributed by atoms with Crippen molar-refractivity contribution in [2.45, 2.75) is 9.79 Å². The van der Waals surface area contributed by atoms with E-state index in [1.165, 1.54) is 47.3 Å². The number of rotatable bonds is 5. The molecule has 0 aliphatic carbocycles. The molecule has 0 aliphatic rings. The van der Waals surface area contributed by atoms with Crippen molar-refractivity contribution in [2.75, 3.05) is 3.71 Å². The van der Waals surface area contributed by atoms with E-state index in [2.05, 4.69) is 10.2 Å². The van der Waals surface area contributed by atoms with Crippen LogP contribution in [0, 0.1) is 0 Å². The van der Waals surface area contributed by atoms with Crippen molar-refractivity contribution in [1.29, 1.82) is 0 Å². The van der Waals surface area contributed by atoms with Crippen LogP contribution >= 0.6 is 46.4 Å². The molecule has 0 atom stereocenters. The van der Waals surface area contributed by atoms with E-state index in [4.69, 9.17) is 46.4 Å². The fourth-order valence-electron chi connectivity index (χ4n) is 3.06. The molecule has 0 bridgehead atoms. The van der Waals surface area contributed by atoms with Gasteiger partial charge in [0.25, 0.3) is 20.0 Å². The van der Waals surface area contributed by atoms with Gasteiger partial charge in [0.15, 0.2) is 0 Å². The standard InChI is InChI=1S/C19H12Cl4N4O4S2/c1-26-24-16-7-4-13(10-17(16)25-26)27(32(28,29)18-8-11(20)2-5-14(18)22)33(30,31)19-9-12(21)3-6-15(19)23/h2-10H,1H3. The number of aromatic nitrogens is 3. The van der Waals surface area contributed by atoms with Gasteiger partial charge in [0.2, 0.25) is 0 Å². The van der Waals surface area contributed by atoms with Gasteiger partial charge in [-0.15, -0.1) is 0 Å². The second kappa shape index (κ2) is 8.61. The molecule has 4 aromatic rings. The Hall–Kier alpha value is -2.08. The summed E-state index contributed by atoms with van der Waals surface area (Å²) in [4.78, 5) is 0.235. The number of aryl methyl sites for hydroxylation is 1. The first-order valence-electron chi connectivity index (χ1n) is 8.93. The number of hydrogen-bond donors (Lipinski definition) is 0. The highest BCUT2D eigenvalue weighted by Gasteiger charge is 2.39. The molecule has 0 spiro atoms. The Balaban J connectivity index is 2.05. The number of fused-ring (bicyclic) bond motifs is 1. The lowest BCUT2D eigenvalue weighted by Gasteiger charge is -2.25. The molecular weight excluding hydrogens is 554 g/mol. The molecule has 4 rings (SSSR count). The lowest BCUT2D eigenvalue weighted by molar-refractivity contribution is 0.584. The Morgan fingerprint density at radius 1 is 0.697 bits per heavy atom. The van der Waals surface area contributed by atoms with Crippen LogP contribution in [-0.4, -0.2) is 31.8 Å². The van der Waals surface area contributed by atoms with Gasteiger partial charge >= 0.3 is 0 Å². The van der Waals surface area contributed by atoms with Gasteiger partial charge in [-0.1, -0.05) is 46.4 Å². The SMILES string of the molecule is Cn1nc2ccc(N(S(=O)(=O)c3cc(Cl)ccc3Cl)S(=O)(=O)c3cc(Cl)ccc3Cl)cc2n1. The van der Waals surface area contributed by atoms with Gasteiger partial charge in [-0.05, 0) is 54.6 Å². The zero-order valence-electron chi connectivity index (χ0n) is 16.4. The summed E-state index contributed by atoms with van der Waals surface area (Å²) in [5.74, 6) is 0. The predicted octanol–water partition coefficient (Wildman–Crippen LogP) is 5.17. The molecule has 0 N–H and O–H groups in total. The third-order valence-electron chi connectivity index (χ3n) is 4.45. The summed E-state index contributed by atoms with van der Waals surface area (Å²) in [5, 5.41) is 7.88. The number of benzene rings is 3. The van der Waals surface area contributed by atoms with Crippen molar-refractivity contribution >= 4 is 83.2 Å². The maximum absolute atomic E-state index is 13.7. The van der Waals surface area contributed by atoms with Crippen molar-refractivity contribution < 1.29 is 16.8 Å². The summed E-state index contributed by atoms with van der Waals surface area (Å²) in [5.41, 5.74) is 0.451. The van der Waals surface area contributed by atoms with E-state index in [1.807, 2.05) is 0 Å². The Morgan fingerprint density at radius 3 is 1.70 bits per heavy atom. The van der Waals surface area contributed by atoms with Crippen LogP contribution in [0.1, 0.15) is 0 Å². The molecule has 0 radical (unpaired) electrons. The van der Waals surface area contributed by atoms with E-state index in [-0.39, 0.29) is 35.0 Å². The summed E-state index contributed by atoms with van der Waals surface area (Å²) >= 11 is 24.2. The van der Waals surface area contributed by atoms with Crippen LogP contribution in [0.5, 0.6) is 0 Å². The molecule has 1 aromatic heterocycles. The summed E-state index contributed by atoms with van der Waals surface area (Å²) in [6, 6.07) is 11.4. The second-order valence-electron chi connectivity index (χ2n) is 6.72. The van der Waals surface area contributed by atoms with Gasteiger partial charge in [0.05, 0.1) is 15.7 Å². The third-order valence-corrected chi connectivity index (χ3v) is 10.1.